The summed E-state index contributed by atoms with van der Waals surface area (Å²) in [6.07, 6.45) is 62.5. The fourth-order valence-corrected chi connectivity index (χ4v) is 14.4. The molecule has 0 aliphatic heterocycles. The van der Waals surface area contributed by atoms with Gasteiger partial charge < -0.3 is 0 Å². The van der Waals surface area contributed by atoms with Gasteiger partial charge in [-0.05, 0) is 242 Å². The van der Waals surface area contributed by atoms with Crippen LogP contribution in [0, 0.1) is 23.7 Å². The van der Waals surface area contributed by atoms with Crippen molar-refractivity contribution in [3.05, 3.63) is 256 Å². The molecule has 5 unspecified atom stereocenters. The summed E-state index contributed by atoms with van der Waals surface area (Å²) in [7, 11) is 0. The van der Waals surface area contributed by atoms with Gasteiger partial charge in [0.1, 0.15) is 0 Å². The molecule has 5 aromatic rings. The summed E-state index contributed by atoms with van der Waals surface area (Å²) in [5.41, 5.74) is 25.0. The molecule has 0 aromatic heterocycles. The van der Waals surface area contributed by atoms with Gasteiger partial charge in [0.25, 0.3) is 0 Å². The molecule has 0 fully saturated rings. The third-order valence-electron chi connectivity index (χ3n) is 18.1. The molecule has 0 saturated heterocycles. The molecule has 9 aliphatic carbocycles. The fraction of sp³-hybridized carbons (Fsp3) is 0.250. The summed E-state index contributed by atoms with van der Waals surface area (Å²) in [4.78, 5) is 0. The molecule has 0 bridgehead atoms. The molecule has 0 saturated carbocycles. The van der Waals surface area contributed by atoms with Crippen LogP contribution in [-0.4, -0.2) is 0 Å². The Morgan fingerprint density at radius 2 is 1.18 bits per heavy atom. The molecule has 0 radical (unpaired) electrons. The zero-order valence-corrected chi connectivity index (χ0v) is 41.6. The first kappa shape index (κ1) is 43.7. The van der Waals surface area contributed by atoms with E-state index < -0.39 is 0 Å². The molecule has 352 valence electrons. The van der Waals surface area contributed by atoms with Crippen molar-refractivity contribution in [2.75, 3.05) is 0 Å². The smallest absolute Gasteiger partial charge is 0.00528 e. The van der Waals surface area contributed by atoms with E-state index in [1.54, 1.807) is 27.9 Å². The van der Waals surface area contributed by atoms with Gasteiger partial charge in [-0.3, -0.25) is 0 Å². The summed E-state index contributed by atoms with van der Waals surface area (Å²) in [5.74, 6) is 2.44. The first-order valence-electron chi connectivity index (χ1n) is 27.6. The average molecular weight is 929 g/mol. The highest BCUT2D eigenvalue weighted by atomic mass is 14.4. The molecular weight excluding hydrogens is 865 g/mol. The van der Waals surface area contributed by atoms with Crippen LogP contribution in [0.5, 0.6) is 0 Å². The zero-order chi connectivity index (χ0) is 47.5. The van der Waals surface area contributed by atoms with Crippen LogP contribution in [0.4, 0.5) is 0 Å². The van der Waals surface area contributed by atoms with Gasteiger partial charge in [-0.1, -0.05) is 182 Å². The van der Waals surface area contributed by atoms with Gasteiger partial charge >= 0.3 is 0 Å². The number of allylic oxidation sites excluding steroid dienone is 27. The van der Waals surface area contributed by atoms with Gasteiger partial charge in [0.2, 0.25) is 0 Å². The summed E-state index contributed by atoms with van der Waals surface area (Å²) in [6, 6.07) is 31.7. The quantitative estimate of drug-likeness (QED) is 0.143. The lowest BCUT2D eigenvalue weighted by Crippen LogP contribution is -2.27. The van der Waals surface area contributed by atoms with E-state index in [9.17, 15) is 0 Å². The van der Waals surface area contributed by atoms with Crippen molar-refractivity contribution in [3.63, 3.8) is 0 Å². The first-order chi connectivity index (χ1) is 35.7. The monoisotopic (exact) mass is 929 g/mol. The molecule has 5 aromatic carbocycles. The SMILES string of the molecule is C1=CCC(C2CC3=C(CC(C4C=CC=CC4)c4ccccc43)C3=C2C=C(c2ccc4c(C5=CCC(C6=CCCC=C6)C=C5)cc5c6c(c(-c7ccc(C8=CCCC=C8)cc7)cc5c4c2)CCC=C6)CC3)C=C1. The normalized spacial score (nSPS) is 25.0. The van der Waals surface area contributed by atoms with Crippen LogP contribution in [0.3, 0.4) is 0 Å². The lowest BCUT2D eigenvalue weighted by molar-refractivity contribution is 0.447. The second-order valence-electron chi connectivity index (χ2n) is 22.0. The van der Waals surface area contributed by atoms with E-state index in [0.29, 0.717) is 29.6 Å². The van der Waals surface area contributed by atoms with E-state index in [1.807, 2.05) is 0 Å². The third-order valence-corrected chi connectivity index (χ3v) is 18.1. The molecule has 9 aliphatic rings. The predicted octanol–water partition coefficient (Wildman–Crippen LogP) is 19.3. The van der Waals surface area contributed by atoms with E-state index in [1.165, 1.54) is 88.3 Å². The average Bonchev–Trinajstić information content (AvgIpc) is 3.47. The minimum absolute atomic E-state index is 0.446. The lowest BCUT2D eigenvalue weighted by Gasteiger charge is -2.43. The van der Waals surface area contributed by atoms with E-state index in [-0.39, 0.29) is 0 Å². The summed E-state index contributed by atoms with van der Waals surface area (Å²) < 4.78 is 0. The molecule has 0 heterocycles. The van der Waals surface area contributed by atoms with Crippen LogP contribution in [-0.2, 0) is 6.42 Å². The second-order valence-corrected chi connectivity index (χ2v) is 22.0. The molecule has 0 N–H and O–H groups in total. The molecular formula is C72H64. The Morgan fingerprint density at radius 3 is 1.96 bits per heavy atom. The molecule has 5 atom stereocenters. The molecule has 0 nitrogen and oxygen atoms in total. The Hall–Kier alpha value is -7.02. The van der Waals surface area contributed by atoms with E-state index in [2.05, 4.69) is 200 Å². The minimum Gasteiger partial charge on any atom is -0.0839 e. The highest BCUT2D eigenvalue weighted by Crippen LogP contribution is 2.56. The van der Waals surface area contributed by atoms with Gasteiger partial charge in [0.05, 0.1) is 0 Å². The van der Waals surface area contributed by atoms with Crippen molar-refractivity contribution in [3.8, 4) is 11.1 Å². The van der Waals surface area contributed by atoms with Crippen molar-refractivity contribution in [2.24, 2.45) is 23.7 Å². The van der Waals surface area contributed by atoms with Crippen LogP contribution in [0.15, 0.2) is 217 Å². The van der Waals surface area contributed by atoms with Crippen LogP contribution >= 0.6 is 0 Å². The molecule has 0 amide bonds. The second kappa shape index (κ2) is 18.5. The van der Waals surface area contributed by atoms with Gasteiger partial charge in [0.15, 0.2) is 0 Å². The fourth-order valence-electron chi connectivity index (χ4n) is 14.4. The van der Waals surface area contributed by atoms with Crippen molar-refractivity contribution >= 4 is 49.9 Å². The Bertz CT molecular complexity index is 3540. The van der Waals surface area contributed by atoms with Gasteiger partial charge in [-0.25, -0.2) is 0 Å². The number of rotatable bonds is 7. The third kappa shape index (κ3) is 7.72. The van der Waals surface area contributed by atoms with E-state index in [0.717, 1.165) is 83.5 Å². The predicted molar refractivity (Wildman–Crippen MR) is 308 cm³/mol. The molecule has 0 spiro atoms. The topological polar surface area (TPSA) is 0 Å². The van der Waals surface area contributed by atoms with Gasteiger partial charge in [-0.2, -0.15) is 0 Å². The first-order valence-corrected chi connectivity index (χ1v) is 27.6. The Labute approximate surface area is 427 Å². The van der Waals surface area contributed by atoms with Crippen LogP contribution in [0.2, 0.25) is 0 Å². The zero-order valence-electron chi connectivity index (χ0n) is 41.6. The van der Waals surface area contributed by atoms with Crippen molar-refractivity contribution in [2.45, 2.75) is 89.4 Å². The van der Waals surface area contributed by atoms with Crippen LogP contribution < -0.4 is 0 Å². The summed E-state index contributed by atoms with van der Waals surface area (Å²) in [6.45, 7) is 0. The Balaban J connectivity index is 0.927. The lowest BCUT2D eigenvalue weighted by atomic mass is 9.61. The highest BCUT2D eigenvalue weighted by molar-refractivity contribution is 6.17. The Kier molecular flexibility index (Phi) is 11.3. The maximum Gasteiger partial charge on any atom is 0.00528 e. The van der Waals surface area contributed by atoms with Gasteiger partial charge in [0, 0.05) is 5.92 Å². The standard InChI is InChI=1S/C72H64/c1-5-17-47(18-6-1)49-29-33-53(34-30-49)64-45-72-68-42-56(37-39-61(68)65(44-70(72)60-28-16-14-26-58(60)64)54-35-31-50(32-36-54)48-19-7-2-8-20-48)55-38-40-62-67(41-55)66(52-23-11-4-12-24-52)46-69-59-27-15-13-25-57(59)63(43-71(62)69)51-21-9-3-10-22-51/h3-5,7,9-13,15-21,23,25,27-31,33-37,39,41-42,44-45,50-52,63,66H,1-2,6,8,14,22,24,26,32,38,40,43,46H2. The van der Waals surface area contributed by atoms with Crippen molar-refractivity contribution < 1.29 is 0 Å². The summed E-state index contributed by atoms with van der Waals surface area (Å²) in [5, 5.41) is 5.48. The number of hydrogen-bond acceptors (Lipinski definition) is 0. The maximum absolute atomic E-state index is 2.71. The van der Waals surface area contributed by atoms with Crippen molar-refractivity contribution in [1.29, 1.82) is 0 Å². The molecule has 0 heteroatoms. The van der Waals surface area contributed by atoms with Crippen LogP contribution in [0.1, 0.15) is 122 Å². The van der Waals surface area contributed by atoms with Crippen molar-refractivity contribution in [1.82, 2.24) is 0 Å². The molecule has 14 rings (SSSR count). The maximum atomic E-state index is 2.71. The largest absolute Gasteiger partial charge is 0.0839 e. The van der Waals surface area contributed by atoms with E-state index >= 15 is 0 Å². The highest BCUT2D eigenvalue weighted by Gasteiger charge is 2.40. The number of benzene rings is 5. The van der Waals surface area contributed by atoms with Gasteiger partial charge in [-0.15, -0.1) is 0 Å². The summed E-state index contributed by atoms with van der Waals surface area (Å²) >= 11 is 0. The van der Waals surface area contributed by atoms with Crippen LogP contribution in [0.25, 0.3) is 61.0 Å². The van der Waals surface area contributed by atoms with E-state index in [4.69, 9.17) is 0 Å². The minimum atomic E-state index is 0.446. The number of fused-ring (bicyclic) bond motifs is 8. The molecule has 72 heavy (non-hydrogen) atoms. The number of hydrogen-bond donors (Lipinski definition) is 0. The Morgan fingerprint density at radius 1 is 0.431 bits per heavy atom.